The van der Waals surface area contributed by atoms with Crippen LogP contribution in [0.2, 0.25) is 0 Å². The van der Waals surface area contributed by atoms with Gasteiger partial charge >= 0.3 is 0 Å². The fourth-order valence-electron chi connectivity index (χ4n) is 0.567. The summed E-state index contributed by atoms with van der Waals surface area (Å²) in [6, 6.07) is 5.38. The lowest BCUT2D eigenvalue weighted by Gasteiger charge is -1.91. The molecule has 0 aliphatic heterocycles. The molecule has 1 rings (SSSR count). The molecule has 1 aromatic carbocycles. The average Bonchev–Trinajstić information content (AvgIpc) is 2.08. The van der Waals surface area contributed by atoms with Crippen molar-refractivity contribution in [2.75, 3.05) is 0 Å². The summed E-state index contributed by atoms with van der Waals surface area (Å²) in [5.74, 6) is -0.425. The van der Waals surface area contributed by atoms with Crippen LogP contribution in [-0.2, 0) is 10.0 Å². The summed E-state index contributed by atoms with van der Waals surface area (Å²) in [6.45, 7) is 4.00. The van der Waals surface area contributed by atoms with Crippen molar-refractivity contribution >= 4 is 20.7 Å². The van der Waals surface area contributed by atoms with Crippen molar-refractivity contribution in [1.29, 1.82) is 0 Å². The van der Waals surface area contributed by atoms with Crippen molar-refractivity contribution in [3.8, 4) is 0 Å². The van der Waals surface area contributed by atoms with Crippen molar-refractivity contribution in [2.24, 2.45) is 0 Å². The van der Waals surface area contributed by atoms with Crippen LogP contribution < -0.4 is 0 Å². The molecule has 1 unspecified atom stereocenters. The second-order valence-corrected chi connectivity index (χ2v) is 3.44. The summed E-state index contributed by atoms with van der Waals surface area (Å²) in [4.78, 5) is 0.293. The lowest BCUT2D eigenvalue weighted by molar-refractivity contribution is 0.623. The second kappa shape index (κ2) is 6.14. The van der Waals surface area contributed by atoms with Gasteiger partial charge in [0.25, 0.3) is 0 Å². The zero-order valence-electron chi connectivity index (χ0n) is 6.88. The molecular weight excluding hydrogens is 199 g/mol. The van der Waals surface area contributed by atoms with Gasteiger partial charge in [-0.1, -0.05) is 19.9 Å². The third-order valence-electron chi connectivity index (χ3n) is 0.981. The summed E-state index contributed by atoms with van der Waals surface area (Å²) < 4.78 is 22.8. The average molecular weight is 209 g/mol. The highest BCUT2D eigenvalue weighted by Crippen LogP contribution is 2.10. The largest absolute Gasteiger partial charge is 0.237 e. The van der Waals surface area contributed by atoms with Crippen LogP contribution >= 0.6 is 10.7 Å². The van der Waals surface area contributed by atoms with E-state index in [1.54, 1.807) is 0 Å². The monoisotopic (exact) mass is 208 g/mol. The van der Waals surface area contributed by atoms with E-state index in [4.69, 9.17) is 10.7 Å². The van der Waals surface area contributed by atoms with Gasteiger partial charge in [-0.2, -0.15) is 0 Å². The fraction of sp³-hybridized carbons (Fsp3) is 0.250. The van der Waals surface area contributed by atoms with Gasteiger partial charge in [0.1, 0.15) is 15.8 Å². The molecule has 0 bridgehead atoms. The molecule has 0 saturated heterocycles. The van der Waals surface area contributed by atoms with Gasteiger partial charge < -0.3 is 0 Å². The van der Waals surface area contributed by atoms with Gasteiger partial charge in [-0.3, -0.25) is 0 Å². The minimum absolute atomic E-state index is 0.293. The molecule has 68 valence electrons. The SMILES string of the molecule is CC.O=S(Cl)c1cccc(F)c1. The van der Waals surface area contributed by atoms with Crippen LogP contribution in [0.25, 0.3) is 0 Å². The van der Waals surface area contributed by atoms with Crippen LogP contribution in [-0.4, -0.2) is 4.21 Å². The third kappa shape index (κ3) is 3.83. The van der Waals surface area contributed by atoms with Crippen molar-refractivity contribution < 1.29 is 8.60 Å². The molecule has 0 N–H and O–H groups in total. The first-order valence-electron chi connectivity index (χ1n) is 3.54. The topological polar surface area (TPSA) is 17.1 Å². The predicted octanol–water partition coefficient (Wildman–Crippen LogP) is 3.11. The Morgan fingerprint density at radius 1 is 1.42 bits per heavy atom. The Balaban J connectivity index is 0.000000561. The van der Waals surface area contributed by atoms with Gasteiger partial charge in [0.05, 0.1) is 4.90 Å². The van der Waals surface area contributed by atoms with E-state index in [0.717, 1.165) is 6.07 Å². The van der Waals surface area contributed by atoms with E-state index in [1.165, 1.54) is 18.2 Å². The quantitative estimate of drug-likeness (QED) is 0.649. The Labute approximate surface area is 78.5 Å². The van der Waals surface area contributed by atoms with Crippen LogP contribution in [0.5, 0.6) is 0 Å². The highest BCUT2D eigenvalue weighted by atomic mass is 35.7. The maximum absolute atomic E-state index is 12.3. The van der Waals surface area contributed by atoms with Crippen LogP contribution in [0, 0.1) is 5.82 Å². The number of rotatable bonds is 1. The summed E-state index contributed by atoms with van der Waals surface area (Å²) in [6.07, 6.45) is 0. The minimum Gasteiger partial charge on any atom is -0.237 e. The molecule has 0 spiro atoms. The normalized spacial score (nSPS) is 11.3. The molecule has 0 aliphatic rings. The summed E-state index contributed by atoms with van der Waals surface area (Å²) in [7, 11) is 3.57. The predicted molar refractivity (Wildman–Crippen MR) is 50.0 cm³/mol. The molecule has 4 heteroatoms. The summed E-state index contributed by atoms with van der Waals surface area (Å²) in [5.41, 5.74) is 0. The molecule has 0 radical (unpaired) electrons. The lowest BCUT2D eigenvalue weighted by atomic mass is 10.4. The van der Waals surface area contributed by atoms with Gasteiger partial charge in [0.15, 0.2) is 0 Å². The standard InChI is InChI=1S/C6H4ClFOS.C2H6/c7-10(9)6-3-1-2-5(8)4-6;1-2/h1-4H;1-2H3. The van der Waals surface area contributed by atoms with Crippen LogP contribution in [0.3, 0.4) is 0 Å². The molecular formula is C8H10ClFOS. The Morgan fingerprint density at radius 2 is 2.00 bits per heavy atom. The van der Waals surface area contributed by atoms with E-state index >= 15 is 0 Å². The van der Waals surface area contributed by atoms with Crippen molar-refractivity contribution in [2.45, 2.75) is 18.7 Å². The highest BCUT2D eigenvalue weighted by Gasteiger charge is 1.98. The summed E-state index contributed by atoms with van der Waals surface area (Å²) >= 11 is 0. The van der Waals surface area contributed by atoms with Gasteiger partial charge in [0, 0.05) is 0 Å². The number of hydrogen-bond donors (Lipinski definition) is 0. The van der Waals surface area contributed by atoms with Crippen LogP contribution in [0.4, 0.5) is 4.39 Å². The molecule has 0 heterocycles. The first kappa shape index (κ1) is 11.6. The molecule has 1 aromatic rings. The fourth-order valence-corrected chi connectivity index (χ4v) is 1.25. The van der Waals surface area contributed by atoms with Crippen LogP contribution in [0.1, 0.15) is 13.8 Å². The molecule has 0 aromatic heterocycles. The Morgan fingerprint density at radius 3 is 2.33 bits per heavy atom. The molecule has 0 fully saturated rings. The molecule has 0 amide bonds. The number of halogens is 2. The molecule has 0 aliphatic carbocycles. The zero-order valence-corrected chi connectivity index (χ0v) is 8.45. The van der Waals surface area contributed by atoms with E-state index in [2.05, 4.69) is 0 Å². The minimum atomic E-state index is -1.61. The molecule has 1 atom stereocenters. The number of hydrogen-bond acceptors (Lipinski definition) is 1. The Bertz CT molecular complexity index is 265. The van der Waals surface area contributed by atoms with E-state index in [1.807, 2.05) is 13.8 Å². The third-order valence-corrected chi connectivity index (χ3v) is 2.14. The van der Waals surface area contributed by atoms with Gasteiger partial charge in [-0.15, -0.1) is 0 Å². The highest BCUT2D eigenvalue weighted by molar-refractivity contribution is 8.08. The van der Waals surface area contributed by atoms with E-state index in [9.17, 15) is 8.60 Å². The van der Waals surface area contributed by atoms with Gasteiger partial charge in [-0.05, 0) is 28.9 Å². The van der Waals surface area contributed by atoms with Crippen molar-refractivity contribution in [3.05, 3.63) is 30.1 Å². The summed E-state index contributed by atoms with van der Waals surface area (Å²) in [5, 5.41) is 0. The maximum Gasteiger partial charge on any atom is 0.147 e. The molecule has 0 saturated carbocycles. The molecule has 12 heavy (non-hydrogen) atoms. The lowest BCUT2D eigenvalue weighted by Crippen LogP contribution is -1.81. The Hall–Kier alpha value is -0.410. The molecule has 1 nitrogen and oxygen atoms in total. The van der Waals surface area contributed by atoms with Crippen molar-refractivity contribution in [3.63, 3.8) is 0 Å². The zero-order chi connectivity index (χ0) is 9.56. The first-order valence-corrected chi connectivity index (χ1v) is 5.51. The first-order chi connectivity index (χ1) is 5.70. The second-order valence-electron chi connectivity index (χ2n) is 1.68. The smallest absolute Gasteiger partial charge is 0.147 e. The van der Waals surface area contributed by atoms with Crippen LogP contribution in [0.15, 0.2) is 29.2 Å². The van der Waals surface area contributed by atoms with Gasteiger partial charge in [0.2, 0.25) is 0 Å². The van der Waals surface area contributed by atoms with E-state index in [-0.39, 0.29) is 0 Å². The van der Waals surface area contributed by atoms with Gasteiger partial charge in [-0.25, -0.2) is 8.60 Å². The van der Waals surface area contributed by atoms with Crippen molar-refractivity contribution in [1.82, 2.24) is 0 Å². The Kier molecular flexibility index (Phi) is 5.93. The van der Waals surface area contributed by atoms with E-state index in [0.29, 0.717) is 4.90 Å². The number of benzene rings is 1. The maximum atomic E-state index is 12.3. The van der Waals surface area contributed by atoms with E-state index < -0.39 is 15.8 Å².